The molecule has 1 saturated heterocycles. The zero-order valence-corrected chi connectivity index (χ0v) is 27.6. The molecule has 1 aliphatic heterocycles. The monoisotopic (exact) mass is 665 g/mol. The first-order chi connectivity index (χ1) is 23.3. The molecule has 0 saturated carbocycles. The Bertz CT molecular complexity index is 1880. The van der Waals surface area contributed by atoms with E-state index in [0.29, 0.717) is 36.1 Å². The number of carbonyl (C=O) groups excluding carboxylic acids is 1. The average Bonchev–Trinajstić information content (AvgIpc) is 3.13. The summed E-state index contributed by atoms with van der Waals surface area (Å²) in [5.74, 6) is -0.192. The molecule has 246 valence electrons. The Balaban J connectivity index is 1.35. The van der Waals surface area contributed by atoms with Crippen LogP contribution in [0.3, 0.4) is 0 Å². The first-order valence-electron chi connectivity index (χ1n) is 15.8. The van der Waals surface area contributed by atoms with E-state index in [9.17, 15) is 18.9 Å². The number of β-lactam (4-membered cyclic amide) rings is 1. The standard InChI is InChI=1S/C39H37FNO6P/c1-45-48(44,46-2)33-20-15-28(16-21-33)30-17-22-34(37(25-30)47-26-27-9-5-3-6-10-27)38-35(39(43)41(38)32-11-7-4-8-12-32)23-24-36(42)29-13-18-31(40)19-14-29/h3-22,25,35-36,38,42H,23-24,26H2,1-2H3/t35-,36+,38-/m1/s1. The van der Waals surface area contributed by atoms with Crippen LogP contribution in [0.2, 0.25) is 0 Å². The van der Waals surface area contributed by atoms with Crippen LogP contribution in [0.1, 0.15) is 41.7 Å². The van der Waals surface area contributed by atoms with E-state index >= 15 is 0 Å². The van der Waals surface area contributed by atoms with Crippen molar-refractivity contribution in [1.82, 2.24) is 0 Å². The third-order valence-electron chi connectivity index (χ3n) is 8.82. The number of hydrogen-bond donors (Lipinski definition) is 1. The highest BCUT2D eigenvalue weighted by Gasteiger charge is 2.49. The summed E-state index contributed by atoms with van der Waals surface area (Å²) in [6.07, 6.45) is -0.0832. The average molecular weight is 666 g/mol. The van der Waals surface area contributed by atoms with Crippen LogP contribution in [0.25, 0.3) is 11.1 Å². The maximum absolute atomic E-state index is 13.8. The van der Waals surface area contributed by atoms with E-state index in [0.717, 1.165) is 27.9 Å². The van der Waals surface area contributed by atoms with Crippen LogP contribution in [0.4, 0.5) is 10.1 Å². The van der Waals surface area contributed by atoms with Crippen LogP contribution in [0, 0.1) is 11.7 Å². The van der Waals surface area contributed by atoms with Gasteiger partial charge in [-0.25, -0.2) is 4.39 Å². The summed E-state index contributed by atoms with van der Waals surface area (Å²) >= 11 is 0. The molecule has 0 aromatic heterocycles. The smallest absolute Gasteiger partial charge is 0.360 e. The fraction of sp³-hybridized carbons (Fsp3) is 0.205. The van der Waals surface area contributed by atoms with Crippen LogP contribution >= 0.6 is 7.60 Å². The molecule has 0 bridgehead atoms. The summed E-state index contributed by atoms with van der Waals surface area (Å²) in [6.45, 7) is 0.320. The zero-order valence-electron chi connectivity index (χ0n) is 26.7. The molecule has 6 rings (SSSR count). The van der Waals surface area contributed by atoms with E-state index in [2.05, 4.69) is 0 Å². The summed E-state index contributed by atoms with van der Waals surface area (Å²) in [4.78, 5) is 15.6. The maximum Gasteiger partial charge on any atom is 0.360 e. The lowest BCUT2D eigenvalue weighted by Crippen LogP contribution is -2.55. The van der Waals surface area contributed by atoms with Crippen molar-refractivity contribution in [1.29, 1.82) is 0 Å². The number of rotatable bonds is 13. The zero-order chi connectivity index (χ0) is 33.7. The number of para-hydroxylation sites is 1. The van der Waals surface area contributed by atoms with Gasteiger partial charge in [0, 0.05) is 25.5 Å². The molecular weight excluding hydrogens is 628 g/mol. The number of aliphatic hydroxyl groups excluding tert-OH is 1. The predicted octanol–water partition coefficient (Wildman–Crippen LogP) is 8.40. The molecule has 9 heteroatoms. The molecule has 7 nitrogen and oxygen atoms in total. The van der Waals surface area contributed by atoms with Gasteiger partial charge in [0.2, 0.25) is 5.91 Å². The van der Waals surface area contributed by atoms with Gasteiger partial charge >= 0.3 is 7.60 Å². The number of amides is 1. The Morgan fingerprint density at radius 3 is 2.08 bits per heavy atom. The lowest BCUT2D eigenvalue weighted by Gasteiger charge is -2.48. The Morgan fingerprint density at radius 1 is 0.812 bits per heavy atom. The summed E-state index contributed by atoms with van der Waals surface area (Å²) in [6, 6.07) is 38.0. The van der Waals surface area contributed by atoms with Crippen LogP contribution < -0.4 is 14.9 Å². The third-order valence-corrected chi connectivity index (χ3v) is 10.7. The molecular formula is C39H37FNO6P. The molecule has 5 aromatic rings. The third kappa shape index (κ3) is 6.98. The van der Waals surface area contributed by atoms with Gasteiger partial charge in [0.25, 0.3) is 0 Å². The molecule has 0 unspecified atom stereocenters. The predicted molar refractivity (Wildman–Crippen MR) is 185 cm³/mol. The number of carbonyl (C=O) groups is 1. The van der Waals surface area contributed by atoms with Crippen LogP contribution in [0.5, 0.6) is 5.75 Å². The Labute approximate surface area is 280 Å². The van der Waals surface area contributed by atoms with E-state index in [1.54, 1.807) is 29.2 Å². The normalized spacial score (nSPS) is 16.8. The minimum Gasteiger partial charge on any atom is -0.489 e. The fourth-order valence-electron chi connectivity index (χ4n) is 6.19. The van der Waals surface area contributed by atoms with Gasteiger partial charge in [-0.3, -0.25) is 9.36 Å². The van der Waals surface area contributed by atoms with E-state index in [-0.39, 0.29) is 17.8 Å². The number of anilines is 1. The van der Waals surface area contributed by atoms with Gasteiger partial charge in [-0.2, -0.15) is 0 Å². The number of nitrogens with zero attached hydrogens (tertiary/aromatic N) is 1. The van der Waals surface area contributed by atoms with Gasteiger partial charge in [-0.05, 0) is 77.6 Å². The van der Waals surface area contributed by atoms with Crippen LogP contribution in [-0.4, -0.2) is 25.2 Å². The number of hydrogen-bond acceptors (Lipinski definition) is 6. The summed E-state index contributed by atoms with van der Waals surface area (Å²) in [5.41, 5.74) is 4.97. The van der Waals surface area contributed by atoms with Gasteiger partial charge in [0.1, 0.15) is 18.2 Å². The van der Waals surface area contributed by atoms with Gasteiger partial charge < -0.3 is 23.8 Å². The van der Waals surface area contributed by atoms with Crippen molar-refractivity contribution in [3.63, 3.8) is 0 Å². The molecule has 3 atom stereocenters. The molecule has 1 fully saturated rings. The summed E-state index contributed by atoms with van der Waals surface area (Å²) < 4.78 is 43.2. The van der Waals surface area contributed by atoms with Gasteiger partial charge in [-0.1, -0.05) is 84.9 Å². The Morgan fingerprint density at radius 2 is 1.44 bits per heavy atom. The van der Waals surface area contributed by atoms with Crippen molar-refractivity contribution in [3.8, 4) is 16.9 Å². The molecule has 1 heterocycles. The van der Waals surface area contributed by atoms with Crippen LogP contribution in [-0.2, 0) is 25.0 Å². The highest BCUT2D eigenvalue weighted by atomic mass is 31.2. The lowest BCUT2D eigenvalue weighted by molar-refractivity contribution is -0.131. The molecule has 0 spiro atoms. The molecule has 1 N–H and O–H groups in total. The molecule has 1 amide bonds. The molecule has 48 heavy (non-hydrogen) atoms. The van der Waals surface area contributed by atoms with E-state index < -0.39 is 19.6 Å². The van der Waals surface area contributed by atoms with Gasteiger partial charge in [0.15, 0.2) is 0 Å². The first-order valence-corrected chi connectivity index (χ1v) is 17.3. The second kappa shape index (κ2) is 14.7. The second-order valence-corrected chi connectivity index (χ2v) is 13.9. The van der Waals surface area contributed by atoms with Gasteiger partial charge in [0.05, 0.1) is 23.4 Å². The first kappa shape index (κ1) is 33.3. The van der Waals surface area contributed by atoms with Crippen molar-refractivity contribution in [3.05, 3.63) is 150 Å². The Kier molecular flexibility index (Phi) is 10.2. The van der Waals surface area contributed by atoms with Crippen LogP contribution in [0.15, 0.2) is 127 Å². The number of benzene rings is 5. The minimum absolute atomic E-state index is 0.0353. The topological polar surface area (TPSA) is 85.3 Å². The van der Waals surface area contributed by atoms with E-state index in [1.165, 1.54) is 26.4 Å². The van der Waals surface area contributed by atoms with E-state index in [4.69, 9.17) is 13.8 Å². The minimum atomic E-state index is -3.40. The quantitative estimate of drug-likeness (QED) is 0.100. The molecule has 5 aromatic carbocycles. The highest BCUT2D eigenvalue weighted by Crippen LogP contribution is 2.50. The molecule has 1 aliphatic rings. The maximum atomic E-state index is 13.8. The second-order valence-electron chi connectivity index (χ2n) is 11.7. The van der Waals surface area contributed by atoms with Crippen molar-refractivity contribution < 1.29 is 32.6 Å². The number of aliphatic hydroxyl groups is 1. The van der Waals surface area contributed by atoms with Crippen molar-refractivity contribution in [2.24, 2.45) is 5.92 Å². The number of ether oxygens (including phenoxy) is 1. The SMILES string of the molecule is COP(=O)(OC)c1ccc(-c2ccc([C@@H]3[C@@H](CC[C@H](O)c4ccc(F)cc4)C(=O)N3c3ccccc3)c(OCc3ccccc3)c2)cc1. The number of halogens is 1. The van der Waals surface area contributed by atoms with Crippen molar-refractivity contribution in [2.75, 3.05) is 19.1 Å². The van der Waals surface area contributed by atoms with Gasteiger partial charge in [-0.15, -0.1) is 0 Å². The van der Waals surface area contributed by atoms with Crippen molar-refractivity contribution >= 4 is 24.5 Å². The van der Waals surface area contributed by atoms with E-state index in [1.807, 2.05) is 91.0 Å². The summed E-state index contributed by atoms with van der Waals surface area (Å²) in [5, 5.41) is 11.4. The lowest BCUT2D eigenvalue weighted by atomic mass is 9.77. The molecule has 0 aliphatic carbocycles. The Hall–Kier alpha value is -4.59. The highest BCUT2D eigenvalue weighted by molar-refractivity contribution is 7.62. The largest absolute Gasteiger partial charge is 0.489 e. The molecule has 0 radical (unpaired) electrons. The summed E-state index contributed by atoms with van der Waals surface area (Å²) in [7, 11) is -0.688. The van der Waals surface area contributed by atoms with Crippen molar-refractivity contribution in [2.45, 2.75) is 31.6 Å². The fourth-order valence-corrected chi connectivity index (χ4v) is 7.28.